The van der Waals surface area contributed by atoms with Crippen molar-refractivity contribution >= 4 is 31.7 Å². The predicted molar refractivity (Wildman–Crippen MR) is 70.1 cm³/mol. The number of carboxylic acid groups (broad SMARTS) is 1. The third kappa shape index (κ3) is 3.33. The molecule has 1 aromatic carbocycles. The summed E-state index contributed by atoms with van der Waals surface area (Å²) in [6.45, 7) is 3.46. The first-order valence-corrected chi connectivity index (χ1v) is 7.20. The molecule has 0 aliphatic heterocycles. The van der Waals surface area contributed by atoms with Gasteiger partial charge in [0.15, 0.2) is 9.84 Å². The molecule has 0 heterocycles. The number of hydrogen-bond acceptors (Lipinski definition) is 4. The van der Waals surface area contributed by atoms with Gasteiger partial charge >= 0.3 is 5.97 Å². The Labute approximate surface area is 113 Å². The van der Waals surface area contributed by atoms with E-state index in [1.54, 1.807) is 0 Å². The zero-order chi connectivity index (χ0) is 13.9. The van der Waals surface area contributed by atoms with Crippen molar-refractivity contribution in [3.63, 3.8) is 0 Å². The highest BCUT2D eigenvalue weighted by Gasteiger charge is 2.22. The number of methoxy groups -OCH3 is 1. The molecule has 0 bridgehead atoms. The van der Waals surface area contributed by atoms with E-state index in [1.807, 2.05) is 0 Å². The van der Waals surface area contributed by atoms with Crippen molar-refractivity contribution in [3.8, 4) is 5.75 Å². The van der Waals surface area contributed by atoms with Gasteiger partial charge in [-0.3, -0.25) is 0 Å². The number of sulfone groups is 1. The van der Waals surface area contributed by atoms with E-state index in [4.69, 9.17) is 9.84 Å². The summed E-state index contributed by atoms with van der Waals surface area (Å²) in [5.41, 5.74) is -0.116. The largest absolute Gasteiger partial charge is 0.495 e. The van der Waals surface area contributed by atoms with Crippen LogP contribution in [0.25, 0.3) is 0 Å². The van der Waals surface area contributed by atoms with E-state index in [0.717, 1.165) is 6.07 Å². The van der Waals surface area contributed by atoms with Crippen molar-refractivity contribution in [2.24, 2.45) is 0 Å². The number of hydrogen-bond donors (Lipinski definition) is 1. The molecule has 0 aliphatic carbocycles. The Kier molecular flexibility index (Phi) is 4.53. The number of aromatic carboxylic acids is 1. The standard InChI is InChI=1S/C11H11BrO5S/c1-7(12)6-18(15,16)10-5-8(11(13)14)3-4-9(10)17-2/h3-5H,1,6H2,2H3,(H,13,14). The van der Waals surface area contributed by atoms with Gasteiger partial charge in [0.2, 0.25) is 0 Å². The van der Waals surface area contributed by atoms with Gasteiger partial charge < -0.3 is 9.84 Å². The first-order valence-electron chi connectivity index (χ1n) is 4.75. The van der Waals surface area contributed by atoms with Crippen molar-refractivity contribution < 1.29 is 23.1 Å². The number of ether oxygens (including phenoxy) is 1. The molecule has 0 atom stereocenters. The van der Waals surface area contributed by atoms with E-state index >= 15 is 0 Å². The molecule has 0 saturated heterocycles. The Hall–Kier alpha value is -1.34. The lowest BCUT2D eigenvalue weighted by atomic mass is 10.2. The highest BCUT2D eigenvalue weighted by molar-refractivity contribution is 9.11. The molecule has 0 aliphatic rings. The Morgan fingerprint density at radius 1 is 1.50 bits per heavy atom. The van der Waals surface area contributed by atoms with Crippen molar-refractivity contribution in [1.29, 1.82) is 0 Å². The molecule has 0 radical (unpaired) electrons. The lowest BCUT2D eigenvalue weighted by Gasteiger charge is -2.10. The van der Waals surface area contributed by atoms with Crippen LogP contribution in [0.1, 0.15) is 10.4 Å². The molecule has 5 nitrogen and oxygen atoms in total. The number of halogens is 1. The van der Waals surface area contributed by atoms with Gasteiger partial charge in [-0.1, -0.05) is 22.5 Å². The van der Waals surface area contributed by atoms with Crippen LogP contribution in [0.4, 0.5) is 0 Å². The fourth-order valence-corrected chi connectivity index (χ4v) is 3.57. The lowest BCUT2D eigenvalue weighted by Crippen LogP contribution is -2.10. The number of benzene rings is 1. The first-order chi connectivity index (χ1) is 8.27. The Morgan fingerprint density at radius 2 is 2.11 bits per heavy atom. The van der Waals surface area contributed by atoms with Crippen molar-refractivity contribution in [2.75, 3.05) is 12.9 Å². The molecule has 1 rings (SSSR count). The second-order valence-corrected chi connectivity index (χ2v) is 6.53. The van der Waals surface area contributed by atoms with Crippen LogP contribution in [0.3, 0.4) is 0 Å². The van der Waals surface area contributed by atoms with Crippen LogP contribution in [0.5, 0.6) is 5.75 Å². The Balaban J connectivity index is 3.41. The molecule has 0 aromatic heterocycles. The first kappa shape index (κ1) is 14.7. The minimum absolute atomic E-state index is 0.105. The van der Waals surface area contributed by atoms with Crippen LogP contribution in [-0.2, 0) is 9.84 Å². The maximum absolute atomic E-state index is 12.0. The molecule has 0 saturated carbocycles. The SMILES string of the molecule is C=C(Br)CS(=O)(=O)c1cc(C(=O)O)ccc1OC. The summed E-state index contributed by atoms with van der Waals surface area (Å²) < 4.78 is 29.3. The van der Waals surface area contributed by atoms with Gasteiger partial charge in [0.1, 0.15) is 10.6 Å². The van der Waals surface area contributed by atoms with Crippen molar-refractivity contribution in [1.82, 2.24) is 0 Å². The molecular weight excluding hydrogens is 324 g/mol. The summed E-state index contributed by atoms with van der Waals surface area (Å²) in [5.74, 6) is -1.42. The normalized spacial score (nSPS) is 11.0. The van der Waals surface area contributed by atoms with Crippen LogP contribution in [0.2, 0.25) is 0 Å². The molecule has 18 heavy (non-hydrogen) atoms. The highest BCUT2D eigenvalue weighted by atomic mass is 79.9. The Morgan fingerprint density at radius 3 is 2.56 bits per heavy atom. The quantitative estimate of drug-likeness (QED) is 0.891. The molecule has 0 amide bonds. The summed E-state index contributed by atoms with van der Waals surface area (Å²) in [6, 6.07) is 3.67. The number of carbonyl (C=O) groups is 1. The molecule has 98 valence electrons. The predicted octanol–water partition coefficient (Wildman–Crippen LogP) is 2.08. The van der Waals surface area contributed by atoms with Crippen LogP contribution in [0.15, 0.2) is 34.2 Å². The third-order valence-electron chi connectivity index (χ3n) is 2.09. The summed E-state index contributed by atoms with van der Waals surface area (Å²) in [4.78, 5) is 10.7. The minimum atomic E-state index is -3.69. The monoisotopic (exact) mass is 334 g/mol. The van der Waals surface area contributed by atoms with Crippen LogP contribution < -0.4 is 4.74 Å². The van der Waals surface area contributed by atoms with Crippen molar-refractivity contribution in [2.45, 2.75) is 4.90 Å². The molecular formula is C11H11BrO5S. The zero-order valence-electron chi connectivity index (χ0n) is 9.51. The van der Waals surface area contributed by atoms with Gasteiger partial charge in [-0.15, -0.1) is 0 Å². The number of carboxylic acids is 1. The summed E-state index contributed by atoms with van der Waals surface area (Å²) >= 11 is 2.97. The second kappa shape index (κ2) is 5.53. The summed E-state index contributed by atoms with van der Waals surface area (Å²) in [5, 5.41) is 8.86. The Bertz CT molecular complexity index is 591. The molecule has 1 N–H and O–H groups in total. The topological polar surface area (TPSA) is 80.7 Å². The summed E-state index contributed by atoms with van der Waals surface area (Å²) in [7, 11) is -2.38. The third-order valence-corrected chi connectivity index (χ3v) is 4.46. The van der Waals surface area contributed by atoms with E-state index in [2.05, 4.69) is 22.5 Å². The average molecular weight is 335 g/mol. The van der Waals surface area contributed by atoms with Gasteiger partial charge in [-0.25, -0.2) is 13.2 Å². The summed E-state index contributed by atoms with van der Waals surface area (Å²) in [6.07, 6.45) is 0. The minimum Gasteiger partial charge on any atom is -0.495 e. The van der Waals surface area contributed by atoms with Crippen LogP contribution in [0, 0.1) is 0 Å². The molecule has 0 spiro atoms. The lowest BCUT2D eigenvalue weighted by molar-refractivity contribution is 0.0696. The zero-order valence-corrected chi connectivity index (χ0v) is 11.9. The van der Waals surface area contributed by atoms with Gasteiger partial charge in [0.25, 0.3) is 0 Å². The molecule has 0 unspecified atom stereocenters. The van der Waals surface area contributed by atoms with E-state index in [9.17, 15) is 13.2 Å². The highest BCUT2D eigenvalue weighted by Crippen LogP contribution is 2.27. The fraction of sp³-hybridized carbons (Fsp3) is 0.182. The van der Waals surface area contributed by atoms with Crippen LogP contribution in [-0.4, -0.2) is 32.4 Å². The fourth-order valence-electron chi connectivity index (χ4n) is 1.34. The maximum atomic E-state index is 12.0. The maximum Gasteiger partial charge on any atom is 0.335 e. The van der Waals surface area contributed by atoms with E-state index in [-0.39, 0.29) is 26.4 Å². The average Bonchev–Trinajstić information content (AvgIpc) is 2.26. The van der Waals surface area contributed by atoms with E-state index in [1.165, 1.54) is 19.2 Å². The van der Waals surface area contributed by atoms with Gasteiger partial charge in [-0.05, 0) is 18.2 Å². The van der Waals surface area contributed by atoms with E-state index < -0.39 is 15.8 Å². The van der Waals surface area contributed by atoms with Crippen LogP contribution >= 0.6 is 15.9 Å². The van der Waals surface area contributed by atoms with Gasteiger partial charge in [0, 0.05) is 4.48 Å². The van der Waals surface area contributed by atoms with Gasteiger partial charge in [0.05, 0.1) is 18.4 Å². The molecule has 1 aromatic rings. The molecule has 0 fully saturated rings. The second-order valence-electron chi connectivity index (χ2n) is 3.45. The van der Waals surface area contributed by atoms with E-state index in [0.29, 0.717) is 0 Å². The molecule has 7 heteroatoms. The van der Waals surface area contributed by atoms with Crippen molar-refractivity contribution in [3.05, 3.63) is 34.8 Å². The number of rotatable bonds is 5. The smallest absolute Gasteiger partial charge is 0.335 e. The van der Waals surface area contributed by atoms with Gasteiger partial charge in [-0.2, -0.15) is 0 Å².